The number of hydrogen-bond donors (Lipinski definition) is 1. The van der Waals surface area contributed by atoms with Crippen LogP contribution in [0.4, 0.5) is 0 Å². The van der Waals surface area contributed by atoms with Crippen LogP contribution in [0.5, 0.6) is 0 Å². The van der Waals surface area contributed by atoms with Crippen molar-refractivity contribution in [2.75, 3.05) is 13.1 Å². The zero-order valence-corrected chi connectivity index (χ0v) is 15.2. The SMILES string of the molecule is O=C(c1cnc2c(ccn2-c2ccc(-c3ncn[nH]3)nc2)c1)N1CCCCC1. The normalized spacial score (nSPS) is 14.5. The second-order valence-corrected chi connectivity index (χ2v) is 6.91. The van der Waals surface area contributed by atoms with Crippen LogP contribution in [0.1, 0.15) is 29.6 Å². The minimum Gasteiger partial charge on any atom is -0.339 e. The molecule has 0 saturated carbocycles. The van der Waals surface area contributed by atoms with Crippen molar-refractivity contribution in [3.63, 3.8) is 0 Å². The average Bonchev–Trinajstić information content (AvgIpc) is 3.44. The number of H-pyrrole nitrogens is 1. The summed E-state index contributed by atoms with van der Waals surface area (Å²) < 4.78 is 1.96. The number of piperidine rings is 1. The Labute approximate surface area is 161 Å². The first-order chi connectivity index (χ1) is 13.8. The lowest BCUT2D eigenvalue weighted by Crippen LogP contribution is -2.35. The van der Waals surface area contributed by atoms with E-state index in [1.165, 1.54) is 12.7 Å². The second kappa shape index (κ2) is 6.88. The lowest BCUT2D eigenvalue weighted by molar-refractivity contribution is 0.0724. The summed E-state index contributed by atoms with van der Waals surface area (Å²) in [5.41, 5.74) is 3.05. The number of carbonyl (C=O) groups is 1. The van der Waals surface area contributed by atoms with Gasteiger partial charge in [-0.15, -0.1) is 0 Å². The van der Waals surface area contributed by atoms with Crippen LogP contribution in [-0.2, 0) is 0 Å². The third-order valence-corrected chi connectivity index (χ3v) is 5.10. The number of nitrogens with one attached hydrogen (secondary N) is 1. The fourth-order valence-electron chi connectivity index (χ4n) is 3.63. The molecule has 1 amide bonds. The summed E-state index contributed by atoms with van der Waals surface area (Å²) in [6.45, 7) is 1.67. The van der Waals surface area contributed by atoms with E-state index < -0.39 is 0 Å². The topological polar surface area (TPSA) is 92.6 Å². The molecule has 28 heavy (non-hydrogen) atoms. The number of hydrogen-bond acceptors (Lipinski definition) is 5. The Morgan fingerprint density at radius 1 is 1.00 bits per heavy atom. The average molecular weight is 373 g/mol. The van der Waals surface area contributed by atoms with E-state index in [0.29, 0.717) is 11.4 Å². The van der Waals surface area contributed by atoms with E-state index in [1.54, 1.807) is 12.4 Å². The largest absolute Gasteiger partial charge is 0.339 e. The highest BCUT2D eigenvalue weighted by Gasteiger charge is 2.19. The van der Waals surface area contributed by atoms with Crippen LogP contribution < -0.4 is 0 Å². The summed E-state index contributed by atoms with van der Waals surface area (Å²) in [5, 5.41) is 7.58. The highest BCUT2D eigenvalue weighted by molar-refractivity contribution is 5.97. The molecule has 0 radical (unpaired) electrons. The van der Waals surface area contributed by atoms with Crippen molar-refractivity contribution in [1.82, 2.24) is 34.6 Å². The molecule has 4 aromatic rings. The number of likely N-dealkylation sites (tertiary alicyclic amines) is 1. The first kappa shape index (κ1) is 16.6. The van der Waals surface area contributed by atoms with Crippen LogP contribution >= 0.6 is 0 Å². The minimum absolute atomic E-state index is 0.0694. The van der Waals surface area contributed by atoms with Crippen LogP contribution in [0.3, 0.4) is 0 Å². The molecule has 4 aromatic heterocycles. The molecule has 1 aliphatic rings. The molecule has 8 nitrogen and oxygen atoms in total. The summed E-state index contributed by atoms with van der Waals surface area (Å²) >= 11 is 0. The quantitative estimate of drug-likeness (QED) is 0.596. The van der Waals surface area contributed by atoms with Gasteiger partial charge in [0.2, 0.25) is 0 Å². The maximum Gasteiger partial charge on any atom is 0.255 e. The van der Waals surface area contributed by atoms with Gasteiger partial charge in [0.1, 0.15) is 17.7 Å². The molecule has 0 atom stereocenters. The number of carbonyl (C=O) groups excluding carboxylic acids is 1. The molecule has 0 unspecified atom stereocenters. The molecule has 8 heteroatoms. The summed E-state index contributed by atoms with van der Waals surface area (Å²) in [7, 11) is 0. The van der Waals surface area contributed by atoms with E-state index >= 15 is 0 Å². The summed E-state index contributed by atoms with van der Waals surface area (Å²) in [4.78, 5) is 27.8. The van der Waals surface area contributed by atoms with Gasteiger partial charge in [-0.3, -0.25) is 19.4 Å². The van der Waals surface area contributed by atoms with E-state index in [0.717, 1.165) is 48.3 Å². The molecule has 0 bridgehead atoms. The summed E-state index contributed by atoms with van der Waals surface area (Å²) in [6, 6.07) is 7.74. The molecular weight excluding hydrogens is 354 g/mol. The first-order valence-corrected chi connectivity index (χ1v) is 9.38. The zero-order valence-electron chi connectivity index (χ0n) is 15.2. The van der Waals surface area contributed by atoms with Crippen LogP contribution in [0.2, 0.25) is 0 Å². The van der Waals surface area contributed by atoms with Gasteiger partial charge < -0.3 is 4.90 Å². The van der Waals surface area contributed by atoms with E-state index in [4.69, 9.17) is 0 Å². The highest BCUT2D eigenvalue weighted by atomic mass is 16.2. The molecule has 1 aliphatic heterocycles. The van der Waals surface area contributed by atoms with Gasteiger partial charge in [0.15, 0.2) is 5.82 Å². The standard InChI is InChI=1S/C20H19N7O/c28-20(26-7-2-1-3-8-26)15-10-14-6-9-27(19(14)22-11-15)16-4-5-17(21-12-16)18-23-13-24-25-18/h4-6,9-13H,1-3,7-8H2,(H,23,24,25). The van der Waals surface area contributed by atoms with Crippen LogP contribution in [0.15, 0.2) is 49.2 Å². The molecular formula is C20H19N7O. The number of aromatic nitrogens is 6. The molecule has 5 rings (SSSR count). The third-order valence-electron chi connectivity index (χ3n) is 5.10. The third kappa shape index (κ3) is 2.92. The Balaban J connectivity index is 1.44. The van der Waals surface area contributed by atoms with E-state index in [1.807, 2.05) is 39.9 Å². The summed E-state index contributed by atoms with van der Waals surface area (Å²) in [5.74, 6) is 0.697. The molecule has 0 aliphatic carbocycles. The smallest absolute Gasteiger partial charge is 0.255 e. The van der Waals surface area contributed by atoms with Gasteiger partial charge >= 0.3 is 0 Å². The number of pyridine rings is 2. The van der Waals surface area contributed by atoms with E-state index in [9.17, 15) is 4.79 Å². The monoisotopic (exact) mass is 373 g/mol. The predicted octanol–water partition coefficient (Wildman–Crippen LogP) is 2.83. The van der Waals surface area contributed by atoms with E-state index in [-0.39, 0.29) is 5.91 Å². The fraction of sp³-hybridized carbons (Fsp3) is 0.250. The van der Waals surface area contributed by atoms with Gasteiger partial charge in [-0.2, -0.15) is 5.10 Å². The Hall–Kier alpha value is -3.55. The number of nitrogens with zero attached hydrogens (tertiary/aromatic N) is 6. The zero-order chi connectivity index (χ0) is 18.9. The molecule has 1 fully saturated rings. The Bertz CT molecular complexity index is 1110. The van der Waals surface area contributed by atoms with Crippen molar-refractivity contribution < 1.29 is 4.79 Å². The molecule has 1 saturated heterocycles. The maximum atomic E-state index is 12.7. The summed E-state index contributed by atoms with van der Waals surface area (Å²) in [6.07, 6.45) is 10.2. The predicted molar refractivity (Wildman–Crippen MR) is 104 cm³/mol. The van der Waals surface area contributed by atoms with Crippen molar-refractivity contribution >= 4 is 16.9 Å². The number of rotatable bonds is 3. The molecule has 1 N–H and O–H groups in total. The Morgan fingerprint density at radius 3 is 2.64 bits per heavy atom. The van der Waals surface area contributed by atoms with Gasteiger partial charge in [0.05, 0.1) is 17.4 Å². The van der Waals surface area contributed by atoms with Crippen molar-refractivity contribution in [2.24, 2.45) is 0 Å². The van der Waals surface area contributed by atoms with Gasteiger partial charge in [0, 0.05) is 30.9 Å². The van der Waals surface area contributed by atoms with Crippen LogP contribution in [0, 0.1) is 0 Å². The molecule has 5 heterocycles. The fourth-order valence-corrected chi connectivity index (χ4v) is 3.63. The van der Waals surface area contributed by atoms with Crippen molar-refractivity contribution in [3.8, 4) is 17.2 Å². The van der Waals surface area contributed by atoms with Crippen LogP contribution in [0.25, 0.3) is 28.2 Å². The molecule has 0 spiro atoms. The Morgan fingerprint density at radius 2 is 1.89 bits per heavy atom. The Kier molecular flexibility index (Phi) is 4.08. The van der Waals surface area contributed by atoms with Crippen molar-refractivity contribution in [1.29, 1.82) is 0 Å². The number of fused-ring (bicyclic) bond motifs is 1. The van der Waals surface area contributed by atoms with Gasteiger partial charge in [-0.25, -0.2) is 9.97 Å². The van der Waals surface area contributed by atoms with Crippen LogP contribution in [-0.4, -0.2) is 53.6 Å². The number of aromatic amines is 1. The number of amides is 1. The second-order valence-electron chi connectivity index (χ2n) is 6.91. The molecule has 140 valence electrons. The minimum atomic E-state index is 0.0694. The maximum absolute atomic E-state index is 12.7. The molecule has 0 aromatic carbocycles. The highest BCUT2D eigenvalue weighted by Crippen LogP contribution is 2.22. The first-order valence-electron chi connectivity index (χ1n) is 9.38. The lowest BCUT2D eigenvalue weighted by atomic mass is 10.1. The lowest BCUT2D eigenvalue weighted by Gasteiger charge is -2.26. The van der Waals surface area contributed by atoms with Gasteiger partial charge in [0.25, 0.3) is 5.91 Å². The van der Waals surface area contributed by atoms with Crippen molar-refractivity contribution in [2.45, 2.75) is 19.3 Å². The van der Waals surface area contributed by atoms with Gasteiger partial charge in [-0.1, -0.05) is 0 Å². The van der Waals surface area contributed by atoms with E-state index in [2.05, 4.69) is 25.1 Å². The van der Waals surface area contributed by atoms with Gasteiger partial charge in [-0.05, 0) is 43.5 Å². The van der Waals surface area contributed by atoms with Crippen molar-refractivity contribution in [3.05, 3.63) is 54.7 Å².